The first-order valence-electron chi connectivity index (χ1n) is 10.3. The van der Waals surface area contributed by atoms with Crippen LogP contribution in [0.4, 0.5) is 10.1 Å². The molecule has 3 aromatic rings. The number of thioether (sulfide) groups is 1. The Morgan fingerprint density at radius 2 is 1.91 bits per heavy atom. The van der Waals surface area contributed by atoms with Crippen LogP contribution in [-0.2, 0) is 20.9 Å². The summed E-state index contributed by atoms with van der Waals surface area (Å²) in [5.74, 6) is -0.971. The average molecular weight is 468 g/mol. The first-order valence-corrected chi connectivity index (χ1v) is 11.3. The molecule has 1 saturated heterocycles. The maximum absolute atomic E-state index is 13.3. The minimum Gasteiger partial charge on any atom is -0.352 e. The van der Waals surface area contributed by atoms with Crippen LogP contribution in [-0.4, -0.2) is 51.2 Å². The van der Waals surface area contributed by atoms with Crippen LogP contribution in [0.5, 0.6) is 0 Å². The summed E-state index contributed by atoms with van der Waals surface area (Å²) in [6.07, 6.45) is 3.04. The van der Waals surface area contributed by atoms with E-state index in [1.54, 1.807) is 6.20 Å². The number of aromatic nitrogens is 2. The van der Waals surface area contributed by atoms with Gasteiger partial charge in [0.2, 0.25) is 17.7 Å². The number of hydrogen-bond donors (Lipinski definition) is 2. The van der Waals surface area contributed by atoms with Crippen molar-refractivity contribution < 1.29 is 18.8 Å². The molecule has 1 fully saturated rings. The van der Waals surface area contributed by atoms with Crippen LogP contribution in [0.15, 0.2) is 71.9 Å². The summed E-state index contributed by atoms with van der Waals surface area (Å²) >= 11 is 1.42. The van der Waals surface area contributed by atoms with Gasteiger partial charge >= 0.3 is 0 Å². The van der Waals surface area contributed by atoms with Gasteiger partial charge in [0, 0.05) is 24.2 Å². The van der Waals surface area contributed by atoms with Crippen molar-refractivity contribution in [1.29, 1.82) is 0 Å². The van der Waals surface area contributed by atoms with Crippen LogP contribution in [0, 0.1) is 5.82 Å². The van der Waals surface area contributed by atoms with Gasteiger partial charge in [0.15, 0.2) is 0 Å². The smallest absolute Gasteiger partial charge is 0.247 e. The largest absolute Gasteiger partial charge is 0.352 e. The van der Waals surface area contributed by atoms with Gasteiger partial charge in [-0.05, 0) is 29.8 Å². The van der Waals surface area contributed by atoms with E-state index in [2.05, 4.69) is 15.7 Å². The fraction of sp³-hybridized carbons (Fsp3) is 0.217. The lowest BCUT2D eigenvalue weighted by atomic mass is 10.0. The fourth-order valence-corrected chi connectivity index (χ4v) is 4.24. The summed E-state index contributed by atoms with van der Waals surface area (Å²) in [4.78, 5) is 40.1. The highest BCUT2D eigenvalue weighted by Crippen LogP contribution is 2.24. The number of amides is 3. The van der Waals surface area contributed by atoms with E-state index in [0.29, 0.717) is 24.3 Å². The number of carbonyl (C=O) groups is 3. The Kier molecular flexibility index (Phi) is 7.04. The van der Waals surface area contributed by atoms with E-state index in [0.717, 1.165) is 4.90 Å². The summed E-state index contributed by atoms with van der Waals surface area (Å²) in [6.45, 7) is 0.565. The topological polar surface area (TPSA) is 96.3 Å². The molecule has 2 N–H and O–H groups in total. The third kappa shape index (κ3) is 5.78. The van der Waals surface area contributed by atoms with Crippen molar-refractivity contribution in [2.45, 2.75) is 17.5 Å². The van der Waals surface area contributed by atoms with E-state index in [9.17, 15) is 18.8 Å². The molecule has 2 heterocycles. The van der Waals surface area contributed by atoms with Gasteiger partial charge in [-0.2, -0.15) is 5.10 Å². The summed E-state index contributed by atoms with van der Waals surface area (Å²) < 4.78 is 14.7. The molecule has 1 aromatic heterocycles. The van der Waals surface area contributed by atoms with Crippen LogP contribution >= 0.6 is 11.8 Å². The molecule has 4 rings (SSSR count). The molecule has 170 valence electrons. The molecule has 33 heavy (non-hydrogen) atoms. The number of rotatable bonds is 7. The molecule has 0 saturated carbocycles. The third-order valence-corrected chi connectivity index (χ3v) is 6.06. The standard InChI is InChI=1S/C23H22FN5O3S/c24-17-8-6-16(7-9-17)22-23(32)25-10-11-29(22)21(31)14-28-13-18(12-26-28)27-20(30)15-33-19-4-2-1-3-5-19/h1-9,12-13,22H,10-11,14-15H2,(H,25,32)(H,27,30). The van der Waals surface area contributed by atoms with E-state index in [1.807, 2.05) is 30.3 Å². The molecule has 1 unspecified atom stereocenters. The van der Waals surface area contributed by atoms with Crippen LogP contribution in [0.2, 0.25) is 0 Å². The number of anilines is 1. The first-order chi connectivity index (χ1) is 16.0. The van der Waals surface area contributed by atoms with Crippen molar-refractivity contribution in [3.63, 3.8) is 0 Å². The molecule has 0 bridgehead atoms. The van der Waals surface area contributed by atoms with Gasteiger partial charge in [0.25, 0.3) is 0 Å². The van der Waals surface area contributed by atoms with Crippen molar-refractivity contribution in [1.82, 2.24) is 20.0 Å². The molecule has 1 atom stereocenters. The molecule has 0 radical (unpaired) electrons. The molecule has 1 aliphatic heterocycles. The summed E-state index contributed by atoms with van der Waals surface area (Å²) in [7, 11) is 0. The normalized spacial score (nSPS) is 15.7. The average Bonchev–Trinajstić information content (AvgIpc) is 3.25. The second-order valence-corrected chi connectivity index (χ2v) is 8.46. The molecule has 1 aliphatic rings. The van der Waals surface area contributed by atoms with E-state index in [-0.39, 0.29) is 30.0 Å². The Balaban J connectivity index is 1.36. The minimum atomic E-state index is -0.836. The number of hydrogen-bond acceptors (Lipinski definition) is 5. The van der Waals surface area contributed by atoms with Gasteiger partial charge < -0.3 is 15.5 Å². The zero-order chi connectivity index (χ0) is 23.2. The minimum absolute atomic E-state index is 0.0976. The van der Waals surface area contributed by atoms with Crippen molar-refractivity contribution in [2.24, 2.45) is 0 Å². The molecule has 0 aliphatic carbocycles. The van der Waals surface area contributed by atoms with Gasteiger partial charge in [-0.1, -0.05) is 30.3 Å². The zero-order valence-corrected chi connectivity index (χ0v) is 18.4. The Labute approximate surface area is 194 Å². The highest BCUT2D eigenvalue weighted by atomic mass is 32.2. The SMILES string of the molecule is O=C(CSc1ccccc1)Nc1cnn(CC(=O)N2CCNC(=O)C2c2ccc(F)cc2)c1. The molecule has 10 heteroatoms. The second kappa shape index (κ2) is 10.3. The van der Waals surface area contributed by atoms with Crippen LogP contribution < -0.4 is 10.6 Å². The van der Waals surface area contributed by atoms with Gasteiger partial charge in [-0.15, -0.1) is 11.8 Å². The van der Waals surface area contributed by atoms with Gasteiger partial charge in [-0.3, -0.25) is 19.1 Å². The Bertz CT molecular complexity index is 1140. The highest BCUT2D eigenvalue weighted by molar-refractivity contribution is 8.00. The van der Waals surface area contributed by atoms with E-state index >= 15 is 0 Å². The van der Waals surface area contributed by atoms with E-state index in [4.69, 9.17) is 0 Å². The summed E-state index contributed by atoms with van der Waals surface area (Å²) in [6, 6.07) is 14.3. The lowest BCUT2D eigenvalue weighted by molar-refractivity contribution is -0.144. The number of benzene rings is 2. The quantitative estimate of drug-likeness (QED) is 0.521. The monoisotopic (exact) mass is 467 g/mol. The number of carbonyl (C=O) groups excluding carboxylic acids is 3. The first kappa shape index (κ1) is 22.5. The summed E-state index contributed by atoms with van der Waals surface area (Å²) in [5, 5.41) is 9.66. The molecule has 0 spiro atoms. The van der Waals surface area contributed by atoms with Gasteiger partial charge in [0.05, 0.1) is 17.6 Å². The number of halogens is 1. The van der Waals surface area contributed by atoms with Crippen molar-refractivity contribution in [3.05, 3.63) is 78.4 Å². The Morgan fingerprint density at radius 1 is 1.15 bits per heavy atom. The van der Waals surface area contributed by atoms with Crippen molar-refractivity contribution in [2.75, 3.05) is 24.2 Å². The van der Waals surface area contributed by atoms with Crippen molar-refractivity contribution in [3.8, 4) is 0 Å². The van der Waals surface area contributed by atoms with Crippen LogP contribution in [0.1, 0.15) is 11.6 Å². The highest BCUT2D eigenvalue weighted by Gasteiger charge is 2.34. The number of piperazine rings is 1. The molecular formula is C23H22FN5O3S. The van der Waals surface area contributed by atoms with Gasteiger partial charge in [-0.25, -0.2) is 4.39 Å². The van der Waals surface area contributed by atoms with Crippen molar-refractivity contribution >= 4 is 35.2 Å². The zero-order valence-electron chi connectivity index (χ0n) is 17.6. The van der Waals surface area contributed by atoms with Crippen LogP contribution in [0.25, 0.3) is 0 Å². The lowest BCUT2D eigenvalue weighted by Crippen LogP contribution is -2.52. The lowest BCUT2D eigenvalue weighted by Gasteiger charge is -2.35. The van der Waals surface area contributed by atoms with E-state index < -0.39 is 11.9 Å². The predicted molar refractivity (Wildman–Crippen MR) is 122 cm³/mol. The third-order valence-electron chi connectivity index (χ3n) is 5.05. The Morgan fingerprint density at radius 3 is 2.67 bits per heavy atom. The predicted octanol–water partition coefficient (Wildman–Crippen LogP) is 2.45. The van der Waals surface area contributed by atoms with Crippen LogP contribution in [0.3, 0.4) is 0 Å². The fourth-order valence-electron chi connectivity index (χ4n) is 3.52. The number of nitrogens with one attached hydrogen (secondary N) is 2. The molecule has 8 nitrogen and oxygen atoms in total. The molecule has 3 amide bonds. The molecular weight excluding hydrogens is 445 g/mol. The maximum Gasteiger partial charge on any atom is 0.247 e. The number of nitrogens with zero attached hydrogens (tertiary/aromatic N) is 3. The van der Waals surface area contributed by atoms with E-state index in [1.165, 1.54) is 51.8 Å². The Hall–Kier alpha value is -3.66. The molecule has 2 aromatic carbocycles. The maximum atomic E-state index is 13.3. The summed E-state index contributed by atoms with van der Waals surface area (Å²) in [5.41, 5.74) is 1.01. The van der Waals surface area contributed by atoms with Gasteiger partial charge in [0.1, 0.15) is 18.4 Å². The second-order valence-electron chi connectivity index (χ2n) is 7.41.